The summed E-state index contributed by atoms with van der Waals surface area (Å²) in [6.45, 7) is 2.50. The monoisotopic (exact) mass is 236 g/mol. The number of carbonyl (C=O) groups excluding carboxylic acids is 2. The minimum absolute atomic E-state index is 0.0550. The average Bonchev–Trinajstić information content (AvgIpc) is 2.34. The second-order valence-corrected chi connectivity index (χ2v) is 3.50. The molecule has 4 N–H and O–H groups in total. The van der Waals surface area contributed by atoms with Crippen LogP contribution >= 0.6 is 0 Å². The lowest BCUT2D eigenvalue weighted by Gasteiger charge is -2.07. The van der Waals surface area contributed by atoms with E-state index >= 15 is 0 Å². The molecule has 2 amide bonds. The molecule has 1 aromatic heterocycles. The highest BCUT2D eigenvalue weighted by atomic mass is 16.2. The molecule has 0 aliphatic carbocycles. The molecule has 6 heteroatoms. The molecule has 0 aromatic carbocycles. The third kappa shape index (κ3) is 4.10. The van der Waals surface area contributed by atoms with Crippen molar-refractivity contribution in [3.8, 4) is 0 Å². The Morgan fingerprint density at radius 2 is 2.18 bits per heavy atom. The molecule has 0 unspecified atom stereocenters. The fraction of sp³-hybridized carbons (Fsp3) is 0.364. The van der Waals surface area contributed by atoms with E-state index in [1.54, 1.807) is 0 Å². The maximum atomic E-state index is 11.6. The number of aromatic nitrogens is 1. The molecule has 17 heavy (non-hydrogen) atoms. The molecule has 0 fully saturated rings. The number of anilines is 1. The fourth-order valence-electron chi connectivity index (χ4n) is 1.20. The highest BCUT2D eigenvalue weighted by Gasteiger charge is 2.10. The smallest absolute Gasteiger partial charge is 0.253 e. The van der Waals surface area contributed by atoms with Gasteiger partial charge in [0.15, 0.2) is 0 Å². The number of hydrogen-bond acceptors (Lipinski definition) is 4. The molecule has 1 aromatic rings. The Morgan fingerprint density at radius 3 is 2.82 bits per heavy atom. The lowest BCUT2D eigenvalue weighted by atomic mass is 10.2. The van der Waals surface area contributed by atoms with Crippen LogP contribution in [0.25, 0.3) is 0 Å². The fourth-order valence-corrected chi connectivity index (χ4v) is 1.20. The van der Waals surface area contributed by atoms with E-state index < -0.39 is 0 Å². The molecule has 92 valence electrons. The Balaban J connectivity index is 2.45. The van der Waals surface area contributed by atoms with Crippen LogP contribution in [-0.2, 0) is 4.79 Å². The molecule has 0 bridgehead atoms. The van der Waals surface area contributed by atoms with Gasteiger partial charge in [-0.15, -0.1) is 0 Å². The van der Waals surface area contributed by atoms with Gasteiger partial charge in [-0.2, -0.15) is 0 Å². The van der Waals surface area contributed by atoms with E-state index in [1.807, 2.05) is 6.92 Å². The van der Waals surface area contributed by atoms with Crippen LogP contribution < -0.4 is 16.4 Å². The molecule has 1 heterocycles. The number of nitrogens with one attached hydrogen (secondary N) is 2. The number of nitrogens with two attached hydrogens (primary N) is 1. The molecule has 0 radical (unpaired) electrons. The van der Waals surface area contributed by atoms with Crippen LogP contribution in [0.4, 0.5) is 5.69 Å². The quantitative estimate of drug-likeness (QED) is 0.666. The number of hydrogen-bond donors (Lipinski definition) is 3. The zero-order chi connectivity index (χ0) is 12.7. The van der Waals surface area contributed by atoms with E-state index in [9.17, 15) is 9.59 Å². The van der Waals surface area contributed by atoms with Crippen molar-refractivity contribution in [1.29, 1.82) is 0 Å². The summed E-state index contributed by atoms with van der Waals surface area (Å²) in [5, 5.41) is 5.15. The summed E-state index contributed by atoms with van der Waals surface area (Å²) in [5.74, 6) is -0.593. The number of pyridine rings is 1. The third-order valence-corrected chi connectivity index (χ3v) is 2.08. The van der Waals surface area contributed by atoms with Gasteiger partial charge < -0.3 is 16.4 Å². The van der Waals surface area contributed by atoms with E-state index in [0.29, 0.717) is 17.8 Å². The molecular formula is C11H16N4O2. The van der Waals surface area contributed by atoms with E-state index in [2.05, 4.69) is 15.6 Å². The number of amides is 2. The van der Waals surface area contributed by atoms with Crippen molar-refractivity contribution in [2.24, 2.45) is 0 Å². The Bertz CT molecular complexity index is 406. The van der Waals surface area contributed by atoms with Crippen LogP contribution in [-0.4, -0.2) is 29.9 Å². The van der Waals surface area contributed by atoms with Gasteiger partial charge in [-0.3, -0.25) is 14.6 Å². The van der Waals surface area contributed by atoms with Gasteiger partial charge in [0.2, 0.25) is 5.91 Å². The van der Waals surface area contributed by atoms with Gasteiger partial charge in [-0.1, -0.05) is 6.92 Å². The van der Waals surface area contributed by atoms with Crippen molar-refractivity contribution < 1.29 is 9.59 Å². The molecule has 0 spiro atoms. The van der Waals surface area contributed by atoms with Gasteiger partial charge in [-0.05, 0) is 12.5 Å². The van der Waals surface area contributed by atoms with Crippen molar-refractivity contribution in [2.45, 2.75) is 13.3 Å². The second-order valence-electron chi connectivity index (χ2n) is 3.50. The zero-order valence-electron chi connectivity index (χ0n) is 9.69. The topological polar surface area (TPSA) is 97.1 Å². The minimum Gasteiger partial charge on any atom is -0.397 e. The molecule has 0 aliphatic rings. The van der Waals surface area contributed by atoms with Gasteiger partial charge in [0.1, 0.15) is 0 Å². The predicted molar refractivity (Wildman–Crippen MR) is 64.3 cm³/mol. The summed E-state index contributed by atoms with van der Waals surface area (Å²) in [6, 6.07) is 1.51. The SMILES string of the molecule is CCCNC(=O)CNC(=O)c1ccncc1N. The molecule has 0 saturated heterocycles. The minimum atomic E-state index is -0.378. The first-order chi connectivity index (χ1) is 8.15. The van der Waals surface area contributed by atoms with Gasteiger partial charge >= 0.3 is 0 Å². The molecule has 0 atom stereocenters. The average molecular weight is 236 g/mol. The molecular weight excluding hydrogens is 220 g/mol. The molecule has 6 nitrogen and oxygen atoms in total. The van der Waals surface area contributed by atoms with Gasteiger partial charge in [-0.25, -0.2) is 0 Å². The standard InChI is InChI=1S/C11H16N4O2/c1-2-4-14-10(16)7-15-11(17)8-3-5-13-6-9(8)12/h3,5-6H,2,4,7,12H2,1H3,(H,14,16)(H,15,17). The van der Waals surface area contributed by atoms with Crippen molar-refractivity contribution in [2.75, 3.05) is 18.8 Å². The molecule has 1 rings (SSSR count). The van der Waals surface area contributed by atoms with Crippen molar-refractivity contribution in [3.63, 3.8) is 0 Å². The first-order valence-corrected chi connectivity index (χ1v) is 5.39. The van der Waals surface area contributed by atoms with E-state index in [4.69, 9.17) is 5.73 Å². The summed E-state index contributed by atoms with van der Waals surface area (Å²) in [7, 11) is 0. The third-order valence-electron chi connectivity index (χ3n) is 2.08. The summed E-state index contributed by atoms with van der Waals surface area (Å²) >= 11 is 0. The zero-order valence-corrected chi connectivity index (χ0v) is 9.69. The lowest BCUT2D eigenvalue weighted by molar-refractivity contribution is -0.120. The number of nitrogen functional groups attached to an aromatic ring is 1. The Labute approximate surface area is 99.6 Å². The molecule has 0 saturated carbocycles. The van der Waals surface area contributed by atoms with Crippen LogP contribution in [0, 0.1) is 0 Å². The Kier molecular flexibility index (Phi) is 4.93. The second kappa shape index (κ2) is 6.47. The van der Waals surface area contributed by atoms with E-state index in [1.165, 1.54) is 18.5 Å². The van der Waals surface area contributed by atoms with Crippen molar-refractivity contribution in [3.05, 3.63) is 24.0 Å². The highest BCUT2D eigenvalue weighted by molar-refractivity contribution is 6.00. The highest BCUT2D eigenvalue weighted by Crippen LogP contribution is 2.07. The van der Waals surface area contributed by atoms with E-state index in [-0.39, 0.29) is 18.4 Å². The van der Waals surface area contributed by atoms with Gasteiger partial charge in [0.05, 0.1) is 24.0 Å². The first-order valence-electron chi connectivity index (χ1n) is 5.39. The Morgan fingerprint density at radius 1 is 1.41 bits per heavy atom. The summed E-state index contributed by atoms with van der Waals surface area (Å²) in [5.41, 5.74) is 6.20. The summed E-state index contributed by atoms with van der Waals surface area (Å²) in [6.07, 6.45) is 3.73. The first kappa shape index (κ1) is 13.0. The maximum Gasteiger partial charge on any atom is 0.253 e. The summed E-state index contributed by atoms with van der Waals surface area (Å²) < 4.78 is 0. The van der Waals surface area contributed by atoms with E-state index in [0.717, 1.165) is 6.42 Å². The Hall–Kier alpha value is -2.11. The molecule has 0 aliphatic heterocycles. The van der Waals surface area contributed by atoms with Gasteiger partial charge in [0, 0.05) is 12.7 Å². The van der Waals surface area contributed by atoms with Crippen LogP contribution in [0.15, 0.2) is 18.5 Å². The van der Waals surface area contributed by atoms with Crippen LogP contribution in [0.3, 0.4) is 0 Å². The van der Waals surface area contributed by atoms with Crippen LogP contribution in [0.5, 0.6) is 0 Å². The maximum absolute atomic E-state index is 11.6. The van der Waals surface area contributed by atoms with Crippen molar-refractivity contribution in [1.82, 2.24) is 15.6 Å². The number of rotatable bonds is 5. The van der Waals surface area contributed by atoms with Gasteiger partial charge in [0.25, 0.3) is 5.91 Å². The number of carbonyl (C=O) groups is 2. The van der Waals surface area contributed by atoms with Crippen molar-refractivity contribution >= 4 is 17.5 Å². The normalized spacial score (nSPS) is 9.71. The summed E-state index contributed by atoms with van der Waals surface area (Å²) in [4.78, 5) is 26.7. The van der Waals surface area contributed by atoms with Crippen LogP contribution in [0.1, 0.15) is 23.7 Å². The predicted octanol–water partition coefficient (Wildman–Crippen LogP) is -0.0802. The van der Waals surface area contributed by atoms with Crippen LogP contribution in [0.2, 0.25) is 0 Å². The largest absolute Gasteiger partial charge is 0.397 e. The number of nitrogens with zero attached hydrogens (tertiary/aromatic N) is 1. The lowest BCUT2D eigenvalue weighted by Crippen LogP contribution is -2.37.